The third-order valence-electron chi connectivity index (χ3n) is 10.1. The van der Waals surface area contributed by atoms with E-state index in [-0.39, 0.29) is 89.4 Å². The van der Waals surface area contributed by atoms with Gasteiger partial charge in [-0.05, 0) is 54.2 Å². The number of hydrogen-bond donors (Lipinski definition) is 1. The highest BCUT2D eigenvalue weighted by molar-refractivity contribution is 7.23. The molecule has 252 valence electrons. The second-order valence-corrected chi connectivity index (χ2v) is 15.6. The first-order chi connectivity index (χ1) is 23.3. The number of halogens is 3. The van der Waals surface area contributed by atoms with Crippen molar-refractivity contribution in [2.45, 2.75) is 58.5 Å². The maximum absolute atomic E-state index is 16.1. The standard InChI is InChI=1S/C35H32ClF2N7O3S/c1-34(2,3)25-12-35(16-45(25)33(47)43-15-18(13-39)42-17-43)10-19(11-35)44-7-4-8-48-29-21(32(44)46)9-24(38)27(28(29)36)20-5-6-23(37)30-26(20)22(14-40)31(41)49-30/h5-6,9,15,17,19,25H,4,7-8,10-12,16,41H2,1-3H3. The van der Waals surface area contributed by atoms with E-state index >= 15 is 4.39 Å². The normalized spacial score (nSPS) is 22.2. The number of amides is 2. The Morgan fingerprint density at radius 1 is 1.16 bits per heavy atom. The minimum Gasteiger partial charge on any atom is -0.491 e. The van der Waals surface area contributed by atoms with Gasteiger partial charge in [-0.3, -0.25) is 9.36 Å². The highest BCUT2D eigenvalue weighted by Crippen LogP contribution is 2.56. The first-order valence-electron chi connectivity index (χ1n) is 15.9. The van der Waals surface area contributed by atoms with E-state index in [1.165, 1.54) is 29.2 Å². The van der Waals surface area contributed by atoms with Crippen LogP contribution in [0.3, 0.4) is 0 Å². The third kappa shape index (κ3) is 5.27. The Bertz CT molecular complexity index is 2140. The van der Waals surface area contributed by atoms with E-state index < -0.39 is 17.5 Å². The van der Waals surface area contributed by atoms with E-state index in [1.54, 1.807) is 4.90 Å². The van der Waals surface area contributed by atoms with Crippen LogP contribution < -0.4 is 10.5 Å². The van der Waals surface area contributed by atoms with Gasteiger partial charge in [0.1, 0.15) is 35.1 Å². The summed E-state index contributed by atoms with van der Waals surface area (Å²) in [5, 5.41) is 19.1. The molecular weight excluding hydrogens is 672 g/mol. The number of hydrogen-bond acceptors (Lipinski definition) is 8. The Hall–Kier alpha value is -4.72. The van der Waals surface area contributed by atoms with Crippen LogP contribution in [0.1, 0.15) is 68.1 Å². The van der Waals surface area contributed by atoms with Crippen molar-refractivity contribution >= 4 is 50.0 Å². The summed E-state index contributed by atoms with van der Waals surface area (Å²) in [7, 11) is 0. The zero-order chi connectivity index (χ0) is 35.0. The van der Waals surface area contributed by atoms with Crippen LogP contribution in [0.15, 0.2) is 30.7 Å². The maximum atomic E-state index is 16.1. The van der Waals surface area contributed by atoms with Crippen LogP contribution >= 0.6 is 22.9 Å². The monoisotopic (exact) mass is 703 g/mol. The van der Waals surface area contributed by atoms with Gasteiger partial charge in [0.05, 0.1) is 33.7 Å². The maximum Gasteiger partial charge on any atom is 0.329 e. The van der Waals surface area contributed by atoms with E-state index in [4.69, 9.17) is 22.1 Å². The van der Waals surface area contributed by atoms with Crippen molar-refractivity contribution in [1.82, 2.24) is 19.4 Å². The molecule has 4 heterocycles. The average molecular weight is 704 g/mol. The molecule has 7 rings (SSSR count). The zero-order valence-corrected chi connectivity index (χ0v) is 28.6. The van der Waals surface area contributed by atoms with Crippen molar-refractivity contribution < 1.29 is 23.1 Å². The van der Waals surface area contributed by atoms with Crippen LogP contribution in [0.25, 0.3) is 21.2 Å². The summed E-state index contributed by atoms with van der Waals surface area (Å²) in [5.74, 6) is -1.80. The quantitative estimate of drug-likeness (QED) is 0.233. The Kier molecular flexibility index (Phi) is 7.84. The minimum atomic E-state index is -0.815. The number of benzene rings is 2. The second kappa shape index (κ2) is 11.7. The molecule has 4 aromatic rings. The summed E-state index contributed by atoms with van der Waals surface area (Å²) >= 11 is 7.73. The molecule has 10 nitrogen and oxygen atoms in total. The van der Waals surface area contributed by atoms with Gasteiger partial charge >= 0.3 is 6.03 Å². The number of anilines is 1. The van der Waals surface area contributed by atoms with Gasteiger partial charge in [-0.25, -0.2) is 18.6 Å². The second-order valence-electron chi connectivity index (χ2n) is 14.2. The van der Waals surface area contributed by atoms with Crippen LogP contribution in [0.2, 0.25) is 5.02 Å². The molecule has 2 aliphatic heterocycles. The molecule has 1 aliphatic carbocycles. The number of carbonyl (C=O) groups excluding carboxylic acids is 2. The van der Waals surface area contributed by atoms with Crippen molar-refractivity contribution in [3.8, 4) is 29.0 Å². The fourth-order valence-electron chi connectivity index (χ4n) is 7.79. The van der Waals surface area contributed by atoms with E-state index in [0.717, 1.165) is 23.8 Å². The fraction of sp³-hybridized carbons (Fsp3) is 0.400. The number of rotatable bonds is 2. The molecule has 0 radical (unpaired) electrons. The van der Waals surface area contributed by atoms with E-state index in [1.807, 2.05) is 17.0 Å². The van der Waals surface area contributed by atoms with Crippen LogP contribution in [-0.4, -0.2) is 63.1 Å². The lowest BCUT2D eigenvalue weighted by Crippen LogP contribution is -2.55. The Morgan fingerprint density at radius 2 is 1.92 bits per heavy atom. The first kappa shape index (κ1) is 32.8. The van der Waals surface area contributed by atoms with Crippen LogP contribution in [0.4, 0.5) is 18.6 Å². The summed E-state index contributed by atoms with van der Waals surface area (Å²) in [6.07, 6.45) is 5.39. The van der Waals surface area contributed by atoms with Crippen LogP contribution in [-0.2, 0) is 0 Å². The molecule has 49 heavy (non-hydrogen) atoms. The van der Waals surface area contributed by atoms with Crippen molar-refractivity contribution in [2.75, 3.05) is 25.4 Å². The number of nitriles is 2. The van der Waals surface area contributed by atoms with Crippen molar-refractivity contribution in [3.63, 3.8) is 0 Å². The molecule has 2 aromatic carbocycles. The van der Waals surface area contributed by atoms with Crippen molar-refractivity contribution in [2.24, 2.45) is 10.8 Å². The number of fused-ring (bicyclic) bond motifs is 2. The topological polar surface area (TPSA) is 141 Å². The molecule has 1 unspecified atom stereocenters. The molecule has 2 aromatic heterocycles. The average Bonchev–Trinajstić information content (AvgIpc) is 3.76. The molecule has 0 bridgehead atoms. The number of thiophene rings is 1. The summed E-state index contributed by atoms with van der Waals surface area (Å²) < 4.78 is 38.3. The molecule has 14 heteroatoms. The van der Waals surface area contributed by atoms with Gasteiger partial charge in [0.25, 0.3) is 5.91 Å². The smallest absolute Gasteiger partial charge is 0.329 e. The number of likely N-dealkylation sites (tertiary alicyclic amines) is 1. The van der Waals surface area contributed by atoms with Gasteiger partial charge in [0, 0.05) is 36.1 Å². The van der Waals surface area contributed by atoms with Gasteiger partial charge in [0.2, 0.25) is 0 Å². The molecule has 1 saturated carbocycles. The fourth-order valence-corrected chi connectivity index (χ4v) is 9.09. The number of nitrogens with two attached hydrogens (primary N) is 1. The lowest BCUT2D eigenvalue weighted by Gasteiger charge is -2.50. The number of aromatic nitrogens is 2. The Morgan fingerprint density at radius 3 is 2.59 bits per heavy atom. The first-order valence-corrected chi connectivity index (χ1v) is 17.1. The van der Waals surface area contributed by atoms with E-state index in [9.17, 15) is 24.5 Å². The van der Waals surface area contributed by atoms with Gasteiger partial charge in [-0.1, -0.05) is 38.4 Å². The SMILES string of the molecule is CC(C)(C)C1CC2(CC(N3CCCOc4c(cc(F)c(-c5ccc(F)c6sc(N)c(C#N)c56)c4Cl)C3=O)C2)CN1C(=O)n1cnc(C#N)c1. The van der Waals surface area contributed by atoms with Gasteiger partial charge in [0.15, 0.2) is 11.4 Å². The molecule has 1 saturated heterocycles. The number of imidazole rings is 1. The molecule has 2 fully saturated rings. The highest BCUT2D eigenvalue weighted by atomic mass is 35.5. The van der Waals surface area contributed by atoms with Gasteiger partial charge in [-0.2, -0.15) is 10.5 Å². The van der Waals surface area contributed by atoms with E-state index in [0.29, 0.717) is 32.4 Å². The summed E-state index contributed by atoms with van der Waals surface area (Å²) in [4.78, 5) is 35.4. The minimum absolute atomic E-state index is 0.0141. The molecule has 1 spiro atoms. The molecule has 3 aliphatic rings. The lowest BCUT2D eigenvalue weighted by atomic mass is 9.62. The molecule has 2 N–H and O–H groups in total. The third-order valence-corrected chi connectivity index (χ3v) is 11.5. The summed E-state index contributed by atoms with van der Waals surface area (Å²) in [6, 6.07) is 7.12. The number of nitrogens with zero attached hydrogens (tertiary/aromatic N) is 6. The summed E-state index contributed by atoms with van der Waals surface area (Å²) in [6.45, 7) is 7.40. The zero-order valence-electron chi connectivity index (χ0n) is 27.0. The number of ether oxygens (including phenoxy) is 1. The van der Waals surface area contributed by atoms with Crippen molar-refractivity contribution in [3.05, 3.63) is 64.2 Å². The van der Waals surface area contributed by atoms with Gasteiger partial charge in [-0.15, -0.1) is 11.3 Å². The lowest BCUT2D eigenvalue weighted by molar-refractivity contribution is 0.00657. The number of carbonyl (C=O) groups is 2. The molecule has 2 amide bonds. The van der Waals surface area contributed by atoms with Crippen molar-refractivity contribution in [1.29, 1.82) is 10.5 Å². The number of nitrogen functional groups attached to an aromatic ring is 1. The van der Waals surface area contributed by atoms with Crippen LogP contribution in [0.5, 0.6) is 5.75 Å². The van der Waals surface area contributed by atoms with Gasteiger partial charge < -0.3 is 20.3 Å². The predicted molar refractivity (Wildman–Crippen MR) is 180 cm³/mol. The molecule has 1 atom stereocenters. The van der Waals surface area contributed by atoms with Crippen LogP contribution in [0, 0.1) is 45.1 Å². The van der Waals surface area contributed by atoms with E-state index in [2.05, 4.69) is 25.8 Å². The largest absolute Gasteiger partial charge is 0.491 e. The summed E-state index contributed by atoms with van der Waals surface area (Å²) in [5.41, 5.74) is 5.82. The highest BCUT2D eigenvalue weighted by Gasteiger charge is 2.57. The Labute approximate surface area is 290 Å². The predicted octanol–water partition coefficient (Wildman–Crippen LogP) is 7.18. The Balaban J connectivity index is 1.18. The molecular formula is C35H32ClF2N7O3S.